The van der Waals surface area contributed by atoms with E-state index in [1.165, 1.54) is 18.2 Å². The van der Waals surface area contributed by atoms with Crippen molar-refractivity contribution >= 4 is 38.9 Å². The highest BCUT2D eigenvalue weighted by Crippen LogP contribution is 2.25. The quantitative estimate of drug-likeness (QED) is 0.614. The normalized spacial score (nSPS) is 13.8. The number of anilines is 3. The fraction of sp³-hybridized carbons (Fsp3) is 0.130. The largest absolute Gasteiger partial charge is 0.322 e. The van der Waals surface area contributed by atoms with Crippen molar-refractivity contribution in [2.75, 3.05) is 21.5 Å². The predicted molar refractivity (Wildman–Crippen MR) is 120 cm³/mol. The predicted octanol–water partition coefficient (Wildman–Crippen LogP) is 3.87. The van der Waals surface area contributed by atoms with Gasteiger partial charge in [0, 0.05) is 35.6 Å². The minimum Gasteiger partial charge on any atom is -0.322 e. The molecular weight excluding hydrogens is 414 g/mol. The third-order valence-corrected chi connectivity index (χ3v) is 6.32. The fourth-order valence-electron chi connectivity index (χ4n) is 3.41. The number of hydrogen-bond acceptors (Lipinski definition) is 4. The summed E-state index contributed by atoms with van der Waals surface area (Å²) in [6, 6.07) is 21.4. The Morgan fingerprint density at radius 1 is 0.871 bits per heavy atom. The summed E-state index contributed by atoms with van der Waals surface area (Å²) in [5.74, 6) is -0.312. The summed E-state index contributed by atoms with van der Waals surface area (Å²) < 4.78 is 27.5. The summed E-state index contributed by atoms with van der Waals surface area (Å²) in [5.41, 5.74) is 1.88. The van der Waals surface area contributed by atoms with Crippen molar-refractivity contribution in [3.05, 3.63) is 84.4 Å². The van der Waals surface area contributed by atoms with E-state index >= 15 is 0 Å². The molecule has 0 atom stereocenters. The number of amides is 2. The molecule has 7 nitrogen and oxygen atoms in total. The average Bonchev–Trinajstić information content (AvgIpc) is 3.20. The smallest absolute Gasteiger partial charge is 0.261 e. The van der Waals surface area contributed by atoms with Crippen LogP contribution >= 0.6 is 0 Å². The lowest BCUT2D eigenvalue weighted by atomic mass is 10.2. The van der Waals surface area contributed by atoms with E-state index in [1.807, 2.05) is 6.07 Å². The van der Waals surface area contributed by atoms with Crippen LogP contribution in [0.5, 0.6) is 0 Å². The van der Waals surface area contributed by atoms with E-state index in [4.69, 9.17) is 0 Å². The first kappa shape index (κ1) is 20.6. The van der Waals surface area contributed by atoms with Gasteiger partial charge >= 0.3 is 0 Å². The van der Waals surface area contributed by atoms with Gasteiger partial charge in [0.05, 0.1) is 4.90 Å². The zero-order valence-corrected chi connectivity index (χ0v) is 17.4. The second-order valence-electron chi connectivity index (χ2n) is 7.15. The number of carbonyl (C=O) groups is 2. The zero-order chi connectivity index (χ0) is 21.8. The van der Waals surface area contributed by atoms with Gasteiger partial charge in [-0.1, -0.05) is 30.3 Å². The van der Waals surface area contributed by atoms with Crippen LogP contribution in [0.25, 0.3) is 0 Å². The van der Waals surface area contributed by atoms with Gasteiger partial charge in [-0.2, -0.15) is 0 Å². The summed E-state index contributed by atoms with van der Waals surface area (Å²) in [7, 11) is -3.75. The van der Waals surface area contributed by atoms with Crippen molar-refractivity contribution in [2.24, 2.45) is 0 Å². The standard InChI is InChI=1S/C23H21N3O4S/c27-22-13-6-14-26(22)20-10-5-8-18(16-20)24-23(28)17-7-4-9-19(15-17)25-31(29,30)21-11-2-1-3-12-21/h1-5,7-12,15-16,25H,6,13-14H2,(H,24,28). The van der Waals surface area contributed by atoms with E-state index in [0.29, 0.717) is 24.2 Å². The van der Waals surface area contributed by atoms with Crippen molar-refractivity contribution in [3.8, 4) is 0 Å². The van der Waals surface area contributed by atoms with Gasteiger partial charge in [0.25, 0.3) is 15.9 Å². The van der Waals surface area contributed by atoms with E-state index in [9.17, 15) is 18.0 Å². The Labute approximate surface area is 180 Å². The molecule has 158 valence electrons. The Morgan fingerprint density at radius 3 is 2.35 bits per heavy atom. The molecule has 0 unspecified atom stereocenters. The highest BCUT2D eigenvalue weighted by Gasteiger charge is 2.22. The first-order valence-electron chi connectivity index (χ1n) is 9.82. The van der Waals surface area contributed by atoms with Crippen molar-refractivity contribution in [1.29, 1.82) is 0 Å². The van der Waals surface area contributed by atoms with Gasteiger partial charge in [-0.3, -0.25) is 14.3 Å². The topological polar surface area (TPSA) is 95.6 Å². The minimum absolute atomic E-state index is 0.0712. The molecule has 1 heterocycles. The first-order chi connectivity index (χ1) is 14.9. The molecule has 1 fully saturated rings. The van der Waals surface area contributed by atoms with Crippen molar-refractivity contribution < 1.29 is 18.0 Å². The highest BCUT2D eigenvalue weighted by atomic mass is 32.2. The summed E-state index contributed by atoms with van der Waals surface area (Å²) >= 11 is 0. The molecule has 31 heavy (non-hydrogen) atoms. The van der Waals surface area contributed by atoms with Crippen molar-refractivity contribution in [1.82, 2.24) is 0 Å². The van der Waals surface area contributed by atoms with Gasteiger partial charge in [-0.25, -0.2) is 8.42 Å². The summed E-state index contributed by atoms with van der Waals surface area (Å²) in [6.45, 7) is 0.667. The third kappa shape index (κ3) is 4.75. The lowest BCUT2D eigenvalue weighted by Crippen LogP contribution is -2.23. The van der Waals surface area contributed by atoms with Crippen LogP contribution in [0.4, 0.5) is 17.1 Å². The maximum Gasteiger partial charge on any atom is 0.261 e. The van der Waals surface area contributed by atoms with Gasteiger partial charge in [0.1, 0.15) is 0 Å². The third-order valence-electron chi connectivity index (χ3n) is 4.92. The number of hydrogen-bond donors (Lipinski definition) is 2. The minimum atomic E-state index is -3.75. The molecule has 0 spiro atoms. The van der Waals surface area contributed by atoms with Gasteiger partial charge in [0.15, 0.2) is 0 Å². The molecular formula is C23H21N3O4S. The van der Waals surface area contributed by atoms with Crippen LogP contribution < -0.4 is 14.9 Å². The molecule has 0 aromatic heterocycles. The number of nitrogens with one attached hydrogen (secondary N) is 2. The molecule has 3 aromatic carbocycles. The fourth-order valence-corrected chi connectivity index (χ4v) is 4.48. The van der Waals surface area contributed by atoms with E-state index in [-0.39, 0.29) is 22.4 Å². The molecule has 0 saturated carbocycles. The Morgan fingerprint density at radius 2 is 1.61 bits per heavy atom. The van der Waals surface area contributed by atoms with E-state index in [1.54, 1.807) is 59.5 Å². The molecule has 3 aromatic rings. The Kier molecular flexibility index (Phi) is 5.73. The number of rotatable bonds is 6. The second-order valence-corrected chi connectivity index (χ2v) is 8.84. The Hall–Kier alpha value is -3.65. The lowest BCUT2D eigenvalue weighted by molar-refractivity contribution is -0.117. The molecule has 8 heteroatoms. The monoisotopic (exact) mass is 435 g/mol. The maximum absolute atomic E-state index is 12.7. The van der Waals surface area contributed by atoms with Crippen LogP contribution in [0, 0.1) is 0 Å². The Bertz CT molecular complexity index is 1230. The molecule has 1 aliphatic rings. The molecule has 0 bridgehead atoms. The van der Waals surface area contributed by atoms with Crippen LogP contribution in [0.2, 0.25) is 0 Å². The van der Waals surface area contributed by atoms with Crippen molar-refractivity contribution in [3.63, 3.8) is 0 Å². The molecule has 0 aliphatic carbocycles. The highest BCUT2D eigenvalue weighted by molar-refractivity contribution is 7.92. The van der Waals surface area contributed by atoms with Crippen LogP contribution in [0.15, 0.2) is 83.8 Å². The number of benzene rings is 3. The lowest BCUT2D eigenvalue weighted by Gasteiger charge is -2.17. The first-order valence-corrected chi connectivity index (χ1v) is 11.3. The second kappa shape index (κ2) is 8.61. The van der Waals surface area contributed by atoms with Crippen LogP contribution in [-0.2, 0) is 14.8 Å². The van der Waals surface area contributed by atoms with Gasteiger partial charge in [0.2, 0.25) is 5.91 Å². The number of sulfonamides is 1. The van der Waals surface area contributed by atoms with E-state index in [2.05, 4.69) is 10.0 Å². The average molecular weight is 436 g/mol. The van der Waals surface area contributed by atoms with Crippen LogP contribution in [-0.4, -0.2) is 26.8 Å². The zero-order valence-electron chi connectivity index (χ0n) is 16.6. The Balaban J connectivity index is 1.49. The van der Waals surface area contributed by atoms with E-state index in [0.717, 1.165) is 12.1 Å². The summed E-state index contributed by atoms with van der Waals surface area (Å²) in [4.78, 5) is 26.5. The van der Waals surface area contributed by atoms with Crippen LogP contribution in [0.1, 0.15) is 23.2 Å². The van der Waals surface area contributed by atoms with Gasteiger partial charge in [-0.05, 0) is 55.0 Å². The number of carbonyl (C=O) groups excluding carboxylic acids is 2. The summed E-state index contributed by atoms with van der Waals surface area (Å²) in [6.07, 6.45) is 1.35. The van der Waals surface area contributed by atoms with Crippen molar-refractivity contribution in [2.45, 2.75) is 17.7 Å². The number of nitrogens with zero attached hydrogens (tertiary/aromatic N) is 1. The van der Waals surface area contributed by atoms with Gasteiger partial charge in [-0.15, -0.1) is 0 Å². The van der Waals surface area contributed by atoms with E-state index < -0.39 is 10.0 Å². The molecule has 1 saturated heterocycles. The maximum atomic E-state index is 12.7. The van der Waals surface area contributed by atoms with Gasteiger partial charge < -0.3 is 10.2 Å². The SMILES string of the molecule is O=C(Nc1cccc(N2CCCC2=O)c1)c1cccc(NS(=O)(=O)c2ccccc2)c1. The molecule has 2 amide bonds. The molecule has 0 radical (unpaired) electrons. The molecule has 2 N–H and O–H groups in total. The summed E-state index contributed by atoms with van der Waals surface area (Å²) in [5, 5.41) is 2.80. The van der Waals surface area contributed by atoms with Crippen LogP contribution in [0.3, 0.4) is 0 Å². The molecule has 1 aliphatic heterocycles. The molecule has 4 rings (SSSR count).